The molecule has 3 N–H and O–H groups in total. The summed E-state index contributed by atoms with van der Waals surface area (Å²) in [6, 6.07) is 7.12. The predicted octanol–water partition coefficient (Wildman–Crippen LogP) is 1.33. The van der Waals surface area contributed by atoms with Gasteiger partial charge in [-0.1, -0.05) is 0 Å². The van der Waals surface area contributed by atoms with Gasteiger partial charge >= 0.3 is 0 Å². The quantitative estimate of drug-likeness (QED) is 0.377. The molecule has 0 radical (unpaired) electrons. The summed E-state index contributed by atoms with van der Waals surface area (Å²) in [4.78, 5) is 12.4. The molecule has 4 nitrogen and oxygen atoms in total. The zero-order valence-corrected chi connectivity index (χ0v) is 6.93. The molecule has 0 heterocycles. The van der Waals surface area contributed by atoms with Gasteiger partial charge in [0.1, 0.15) is 0 Å². The number of nitrogens with one attached hydrogen (secondary N) is 3. The van der Waals surface area contributed by atoms with E-state index in [0.29, 0.717) is 6.41 Å². The van der Waals surface area contributed by atoms with Crippen molar-refractivity contribution in [1.82, 2.24) is 5.43 Å². The lowest BCUT2D eigenvalue weighted by atomic mass is 10.3. The maximum Gasteiger partial charge on any atom is 0.225 e. The minimum atomic E-state index is 0.563. The molecule has 0 spiro atoms. The Bertz CT molecular complexity index is 249. The van der Waals surface area contributed by atoms with E-state index in [0.717, 1.165) is 11.4 Å². The number of hydrogen-bond acceptors (Lipinski definition) is 3. The number of rotatable bonds is 4. The van der Waals surface area contributed by atoms with Crippen LogP contribution >= 0.6 is 11.8 Å². The van der Waals surface area contributed by atoms with Crippen LogP contribution in [0.2, 0.25) is 0 Å². The maximum absolute atomic E-state index is 9.89. The van der Waals surface area contributed by atoms with Gasteiger partial charge in [-0.3, -0.25) is 20.5 Å². The molecule has 1 aromatic carbocycles. The molecule has 0 aromatic heterocycles. The van der Waals surface area contributed by atoms with E-state index in [1.807, 2.05) is 0 Å². The molecule has 12 heavy (non-hydrogen) atoms. The second kappa shape index (κ2) is 4.46. The van der Waals surface area contributed by atoms with E-state index < -0.39 is 0 Å². The van der Waals surface area contributed by atoms with E-state index in [9.17, 15) is 4.79 Å². The molecule has 0 bridgehead atoms. The van der Waals surface area contributed by atoms with E-state index in [2.05, 4.69) is 15.7 Å². The van der Waals surface area contributed by atoms with E-state index in [-0.39, 0.29) is 0 Å². The molecule has 1 aromatic rings. The first kappa shape index (κ1) is 8.67. The van der Waals surface area contributed by atoms with Crippen molar-refractivity contribution >= 4 is 29.6 Å². The highest BCUT2D eigenvalue weighted by molar-refractivity contribution is 6.23. The van der Waals surface area contributed by atoms with Crippen LogP contribution in [0.1, 0.15) is 0 Å². The van der Waals surface area contributed by atoms with Gasteiger partial charge in [0.25, 0.3) is 0 Å². The number of anilines is 2. The first-order valence-electron chi connectivity index (χ1n) is 3.28. The summed E-state index contributed by atoms with van der Waals surface area (Å²) in [5.41, 5.74) is 6.56. The molecule has 0 aliphatic carbocycles. The molecule has 0 saturated heterocycles. The van der Waals surface area contributed by atoms with Crippen LogP contribution in [0.4, 0.5) is 11.4 Å². The molecule has 1 rings (SSSR count). The largest absolute Gasteiger partial charge is 0.299 e. The van der Waals surface area contributed by atoms with Crippen molar-refractivity contribution in [2.45, 2.75) is 0 Å². The molecule has 0 unspecified atom stereocenters. The third-order valence-electron chi connectivity index (χ3n) is 1.27. The highest BCUT2D eigenvalue weighted by atomic mass is 35.5. The Labute approximate surface area is 75.0 Å². The zero-order valence-electron chi connectivity index (χ0n) is 6.17. The number of carbonyl (C=O) groups excluding carboxylic acids is 1. The Balaban J connectivity index is 2.58. The van der Waals surface area contributed by atoms with E-state index in [1.54, 1.807) is 24.3 Å². The highest BCUT2D eigenvalue weighted by Gasteiger charge is 1.90. The summed E-state index contributed by atoms with van der Waals surface area (Å²) < 4.78 is 0. The zero-order chi connectivity index (χ0) is 8.81. The molecule has 0 saturated carbocycles. The van der Waals surface area contributed by atoms with Gasteiger partial charge in [0.15, 0.2) is 0 Å². The number of amides is 1. The van der Waals surface area contributed by atoms with Crippen molar-refractivity contribution < 1.29 is 4.79 Å². The second-order valence-electron chi connectivity index (χ2n) is 2.06. The predicted molar refractivity (Wildman–Crippen MR) is 48.7 cm³/mol. The smallest absolute Gasteiger partial charge is 0.225 e. The third-order valence-corrected chi connectivity index (χ3v) is 1.49. The molecule has 0 aliphatic heterocycles. The van der Waals surface area contributed by atoms with Crippen molar-refractivity contribution in [1.29, 1.82) is 0 Å². The Morgan fingerprint density at radius 3 is 2.25 bits per heavy atom. The Morgan fingerprint density at radius 2 is 1.75 bits per heavy atom. The summed E-state index contributed by atoms with van der Waals surface area (Å²) in [6.07, 6.45) is 0.563. The number of hydrazine groups is 1. The molecule has 0 aliphatic rings. The summed E-state index contributed by atoms with van der Waals surface area (Å²) in [5.74, 6) is 0. The first-order valence-corrected chi connectivity index (χ1v) is 3.66. The van der Waals surface area contributed by atoms with Gasteiger partial charge in [0, 0.05) is 17.5 Å². The van der Waals surface area contributed by atoms with Crippen molar-refractivity contribution in [2.75, 3.05) is 10.3 Å². The van der Waals surface area contributed by atoms with Crippen molar-refractivity contribution in [3.63, 3.8) is 0 Å². The summed E-state index contributed by atoms with van der Waals surface area (Å²) in [7, 11) is 0. The lowest BCUT2D eigenvalue weighted by molar-refractivity contribution is -0.109. The topological polar surface area (TPSA) is 53.2 Å². The Hall–Kier alpha value is -1.42. The fourth-order valence-corrected chi connectivity index (χ4v) is 0.855. The van der Waals surface area contributed by atoms with Crippen molar-refractivity contribution in [2.24, 2.45) is 0 Å². The maximum atomic E-state index is 9.89. The van der Waals surface area contributed by atoms with Crippen LogP contribution < -0.4 is 15.7 Å². The van der Waals surface area contributed by atoms with Crippen LogP contribution in [0, 0.1) is 0 Å². The Morgan fingerprint density at radius 1 is 1.17 bits per heavy atom. The molecular weight excluding hydrogens is 178 g/mol. The molecule has 64 valence electrons. The van der Waals surface area contributed by atoms with E-state index in [1.165, 1.54) is 0 Å². The SMILES string of the molecule is O=CNNc1ccc(NCl)cc1. The normalized spacial score (nSPS) is 8.75. The molecular formula is C7H8ClN3O. The fourth-order valence-electron chi connectivity index (χ4n) is 0.729. The van der Waals surface area contributed by atoms with Gasteiger partial charge < -0.3 is 0 Å². The van der Waals surface area contributed by atoms with Gasteiger partial charge in [-0.15, -0.1) is 0 Å². The average Bonchev–Trinajstić information content (AvgIpc) is 2.15. The van der Waals surface area contributed by atoms with Gasteiger partial charge in [0.2, 0.25) is 6.41 Å². The van der Waals surface area contributed by atoms with Crippen LogP contribution in [-0.4, -0.2) is 6.41 Å². The number of benzene rings is 1. The number of hydrogen-bond donors (Lipinski definition) is 3. The molecule has 0 fully saturated rings. The number of halogens is 1. The molecule has 5 heteroatoms. The van der Waals surface area contributed by atoms with Crippen LogP contribution in [0.15, 0.2) is 24.3 Å². The van der Waals surface area contributed by atoms with E-state index in [4.69, 9.17) is 11.8 Å². The summed E-state index contributed by atoms with van der Waals surface area (Å²) in [5, 5.41) is 0. The molecule has 1 amide bonds. The van der Waals surface area contributed by atoms with Gasteiger partial charge in [0.05, 0.1) is 5.69 Å². The number of carbonyl (C=O) groups is 1. The van der Waals surface area contributed by atoms with Gasteiger partial charge in [-0.05, 0) is 24.3 Å². The lowest BCUT2D eigenvalue weighted by Crippen LogP contribution is -2.18. The third kappa shape index (κ3) is 2.32. The minimum absolute atomic E-state index is 0.563. The standard InChI is InChI=1S/C7H8ClN3O/c8-10-6-1-3-7(4-2-6)11-9-5-12/h1-5,10-11H,(H,9,12). The monoisotopic (exact) mass is 185 g/mol. The minimum Gasteiger partial charge on any atom is -0.299 e. The van der Waals surface area contributed by atoms with Gasteiger partial charge in [-0.2, -0.15) is 0 Å². The molecule has 0 atom stereocenters. The van der Waals surface area contributed by atoms with Crippen LogP contribution in [0.25, 0.3) is 0 Å². The fraction of sp³-hybridized carbons (Fsp3) is 0. The van der Waals surface area contributed by atoms with Crippen molar-refractivity contribution in [3.05, 3.63) is 24.3 Å². The lowest BCUT2D eigenvalue weighted by Gasteiger charge is -2.03. The van der Waals surface area contributed by atoms with Gasteiger partial charge in [-0.25, -0.2) is 0 Å². The van der Waals surface area contributed by atoms with Crippen LogP contribution in [0.3, 0.4) is 0 Å². The first-order chi connectivity index (χ1) is 5.86. The van der Waals surface area contributed by atoms with E-state index >= 15 is 0 Å². The van der Waals surface area contributed by atoms with Crippen molar-refractivity contribution in [3.8, 4) is 0 Å². The average molecular weight is 186 g/mol. The second-order valence-corrected chi connectivity index (χ2v) is 2.25. The van der Waals surface area contributed by atoms with Crippen LogP contribution in [-0.2, 0) is 4.79 Å². The summed E-state index contributed by atoms with van der Waals surface area (Å²) in [6.45, 7) is 0. The highest BCUT2D eigenvalue weighted by Crippen LogP contribution is 2.12. The summed E-state index contributed by atoms with van der Waals surface area (Å²) >= 11 is 5.34. The Kier molecular flexibility index (Phi) is 3.22. The van der Waals surface area contributed by atoms with Crippen LogP contribution in [0.5, 0.6) is 0 Å².